The minimum Gasteiger partial charge on any atom is -0.481 e. The molecule has 0 fully saturated rings. The zero-order valence-electron chi connectivity index (χ0n) is 18.0. The Bertz CT molecular complexity index is 1230. The SMILES string of the molecule is O=C(O)CC(C(=O)O)c1c[nH]c2ccccc12.O=C(O)CCC(=O)O.c1ccc2[nH]ccc2c1. The van der Waals surface area contributed by atoms with Crippen LogP contribution >= 0.6 is 0 Å². The van der Waals surface area contributed by atoms with Crippen LogP contribution in [0.3, 0.4) is 0 Å². The van der Waals surface area contributed by atoms with Crippen molar-refractivity contribution in [1.82, 2.24) is 9.97 Å². The Morgan fingerprint density at radius 1 is 0.706 bits per heavy atom. The first kappa shape index (κ1) is 25.7. The Kier molecular flexibility index (Phi) is 9.39. The van der Waals surface area contributed by atoms with E-state index >= 15 is 0 Å². The molecule has 10 heteroatoms. The highest BCUT2D eigenvalue weighted by atomic mass is 16.4. The molecule has 1 atom stereocenters. The number of aromatic nitrogens is 2. The predicted octanol–water partition coefficient (Wildman–Crippen LogP) is 3.91. The van der Waals surface area contributed by atoms with Crippen LogP contribution in [0.1, 0.15) is 30.7 Å². The highest BCUT2D eigenvalue weighted by Gasteiger charge is 2.25. The van der Waals surface area contributed by atoms with Crippen molar-refractivity contribution in [3.63, 3.8) is 0 Å². The van der Waals surface area contributed by atoms with E-state index in [9.17, 15) is 19.2 Å². The minimum absolute atomic E-state index is 0.296. The normalized spacial score (nSPS) is 10.9. The first-order chi connectivity index (χ1) is 16.2. The van der Waals surface area contributed by atoms with Gasteiger partial charge in [0.2, 0.25) is 0 Å². The molecule has 0 aliphatic rings. The number of para-hydroxylation sites is 2. The number of carbonyl (C=O) groups is 4. The number of carboxylic acids is 4. The van der Waals surface area contributed by atoms with Crippen molar-refractivity contribution in [3.8, 4) is 0 Å². The number of aromatic amines is 2. The van der Waals surface area contributed by atoms with Crippen LogP contribution in [0, 0.1) is 0 Å². The maximum Gasteiger partial charge on any atom is 0.311 e. The largest absolute Gasteiger partial charge is 0.481 e. The van der Waals surface area contributed by atoms with Gasteiger partial charge in [-0.25, -0.2) is 0 Å². The van der Waals surface area contributed by atoms with Gasteiger partial charge in [0.1, 0.15) is 0 Å². The lowest BCUT2D eigenvalue weighted by Crippen LogP contribution is -2.15. The van der Waals surface area contributed by atoms with Gasteiger partial charge in [0.25, 0.3) is 0 Å². The molecule has 34 heavy (non-hydrogen) atoms. The van der Waals surface area contributed by atoms with Crippen molar-refractivity contribution in [1.29, 1.82) is 0 Å². The molecule has 2 heterocycles. The Balaban J connectivity index is 0.000000202. The number of rotatable bonds is 7. The van der Waals surface area contributed by atoms with Gasteiger partial charge in [-0.2, -0.15) is 0 Å². The van der Waals surface area contributed by atoms with E-state index in [0.717, 1.165) is 10.9 Å². The van der Waals surface area contributed by atoms with Crippen molar-refractivity contribution >= 4 is 45.7 Å². The number of carboxylic acid groups (broad SMARTS) is 4. The smallest absolute Gasteiger partial charge is 0.311 e. The lowest BCUT2D eigenvalue weighted by molar-refractivity contribution is -0.145. The first-order valence-corrected chi connectivity index (χ1v) is 10.1. The molecular formula is C24H24N2O8. The van der Waals surface area contributed by atoms with Crippen LogP contribution in [0.2, 0.25) is 0 Å². The number of nitrogens with one attached hydrogen (secondary N) is 2. The molecule has 178 valence electrons. The van der Waals surface area contributed by atoms with E-state index < -0.39 is 36.2 Å². The molecule has 0 aliphatic heterocycles. The quantitative estimate of drug-likeness (QED) is 0.236. The zero-order chi connectivity index (χ0) is 25.1. The van der Waals surface area contributed by atoms with E-state index in [0.29, 0.717) is 5.56 Å². The molecule has 0 saturated heterocycles. The van der Waals surface area contributed by atoms with Crippen LogP contribution in [0.15, 0.2) is 67.0 Å². The van der Waals surface area contributed by atoms with Crippen LogP contribution < -0.4 is 0 Å². The Morgan fingerprint density at radius 3 is 1.85 bits per heavy atom. The second kappa shape index (κ2) is 12.4. The summed E-state index contributed by atoms with van der Waals surface area (Å²) in [5.41, 5.74) is 2.52. The fraction of sp³-hybridized carbons (Fsp3) is 0.167. The molecule has 0 spiro atoms. The molecule has 10 nitrogen and oxygen atoms in total. The topological polar surface area (TPSA) is 181 Å². The number of benzene rings is 2. The number of hydrogen-bond acceptors (Lipinski definition) is 4. The van der Waals surface area contributed by atoms with Gasteiger partial charge in [-0.05, 0) is 29.1 Å². The van der Waals surface area contributed by atoms with Gasteiger partial charge in [0, 0.05) is 28.8 Å². The van der Waals surface area contributed by atoms with Gasteiger partial charge < -0.3 is 30.4 Å². The standard InChI is InChI=1S/C12H11NO4.C8H7N.C4H6O4/c14-11(15)5-8(12(16)17)9-6-13-10-4-2-1-3-7(9)10;1-2-4-8-7(3-1)5-6-9-8;5-3(6)1-2-4(7)8/h1-4,6,8,13H,5H2,(H,14,15)(H,16,17);1-6,9H;1-2H2,(H,5,6)(H,7,8). The molecule has 6 N–H and O–H groups in total. The van der Waals surface area contributed by atoms with Crippen LogP contribution in [0.4, 0.5) is 0 Å². The highest BCUT2D eigenvalue weighted by Crippen LogP contribution is 2.28. The molecule has 0 amide bonds. The van der Waals surface area contributed by atoms with Gasteiger partial charge in [-0.1, -0.05) is 36.4 Å². The fourth-order valence-electron chi connectivity index (χ4n) is 3.10. The second-order valence-corrected chi connectivity index (χ2v) is 7.13. The average molecular weight is 468 g/mol. The summed E-state index contributed by atoms with van der Waals surface area (Å²) in [6, 6.07) is 17.5. The number of aliphatic carboxylic acids is 4. The summed E-state index contributed by atoms with van der Waals surface area (Å²) >= 11 is 0. The van der Waals surface area contributed by atoms with E-state index in [1.165, 1.54) is 10.9 Å². The fourth-order valence-corrected chi connectivity index (χ4v) is 3.10. The maximum absolute atomic E-state index is 11.1. The summed E-state index contributed by atoms with van der Waals surface area (Å²) in [5.74, 6) is -5.43. The van der Waals surface area contributed by atoms with Crippen molar-refractivity contribution in [2.24, 2.45) is 0 Å². The molecule has 4 aromatic rings. The predicted molar refractivity (Wildman–Crippen MR) is 124 cm³/mol. The Labute approximate surface area is 193 Å². The summed E-state index contributed by atoms with van der Waals surface area (Å²) in [4.78, 5) is 47.1. The molecule has 0 radical (unpaired) electrons. The molecule has 0 aliphatic carbocycles. The van der Waals surface area contributed by atoms with Crippen molar-refractivity contribution < 1.29 is 39.6 Å². The van der Waals surface area contributed by atoms with Gasteiger partial charge in [0.05, 0.1) is 25.2 Å². The average Bonchev–Trinajstić information content (AvgIpc) is 3.44. The lowest BCUT2D eigenvalue weighted by Gasteiger charge is -2.08. The van der Waals surface area contributed by atoms with Crippen LogP contribution in [0.5, 0.6) is 0 Å². The Hall–Kier alpha value is -4.60. The summed E-state index contributed by atoms with van der Waals surface area (Å²) < 4.78 is 0. The van der Waals surface area contributed by atoms with Gasteiger partial charge in [-0.15, -0.1) is 0 Å². The van der Waals surface area contributed by atoms with Gasteiger partial charge in [0.15, 0.2) is 0 Å². The number of H-pyrrole nitrogens is 2. The van der Waals surface area contributed by atoms with Crippen LogP contribution in [0.25, 0.3) is 21.8 Å². The van der Waals surface area contributed by atoms with E-state index in [2.05, 4.69) is 28.2 Å². The minimum atomic E-state index is -1.13. The first-order valence-electron chi connectivity index (χ1n) is 10.1. The van der Waals surface area contributed by atoms with E-state index in [-0.39, 0.29) is 12.8 Å². The maximum atomic E-state index is 11.1. The van der Waals surface area contributed by atoms with Crippen LogP contribution in [-0.4, -0.2) is 54.3 Å². The highest BCUT2D eigenvalue weighted by molar-refractivity contribution is 5.91. The number of hydrogen-bond donors (Lipinski definition) is 6. The molecule has 2 aromatic carbocycles. The summed E-state index contributed by atoms with van der Waals surface area (Å²) in [6.07, 6.45) is 2.50. The second-order valence-electron chi connectivity index (χ2n) is 7.13. The summed E-state index contributed by atoms with van der Waals surface area (Å²) in [6.45, 7) is 0. The molecular weight excluding hydrogens is 444 g/mol. The molecule has 4 rings (SSSR count). The zero-order valence-corrected chi connectivity index (χ0v) is 18.0. The third kappa shape index (κ3) is 7.83. The van der Waals surface area contributed by atoms with Crippen molar-refractivity contribution in [2.45, 2.75) is 25.2 Å². The van der Waals surface area contributed by atoms with Gasteiger partial charge in [-0.3, -0.25) is 19.2 Å². The lowest BCUT2D eigenvalue weighted by atomic mass is 9.95. The molecule has 1 unspecified atom stereocenters. The Morgan fingerprint density at radius 2 is 1.29 bits per heavy atom. The van der Waals surface area contributed by atoms with Gasteiger partial charge >= 0.3 is 23.9 Å². The van der Waals surface area contributed by atoms with Crippen molar-refractivity contribution in [2.75, 3.05) is 0 Å². The van der Waals surface area contributed by atoms with E-state index in [1.807, 2.05) is 30.5 Å². The monoisotopic (exact) mass is 468 g/mol. The van der Waals surface area contributed by atoms with E-state index in [4.69, 9.17) is 20.4 Å². The third-order valence-electron chi connectivity index (χ3n) is 4.69. The van der Waals surface area contributed by atoms with E-state index in [1.54, 1.807) is 18.3 Å². The summed E-state index contributed by atoms with van der Waals surface area (Å²) in [7, 11) is 0. The third-order valence-corrected chi connectivity index (χ3v) is 4.69. The number of fused-ring (bicyclic) bond motifs is 2. The summed E-state index contributed by atoms with van der Waals surface area (Å²) in [5, 5.41) is 35.6. The van der Waals surface area contributed by atoms with Crippen LogP contribution in [-0.2, 0) is 19.2 Å². The molecule has 2 aromatic heterocycles. The van der Waals surface area contributed by atoms with Crippen molar-refractivity contribution in [3.05, 3.63) is 72.6 Å². The molecule has 0 saturated carbocycles. The molecule has 0 bridgehead atoms.